The molecule has 0 bridgehead atoms. The van der Waals surface area contributed by atoms with Crippen molar-refractivity contribution in [1.82, 2.24) is 0 Å². The molecule has 94 valence electrons. The Kier molecular flexibility index (Phi) is 3.29. The van der Waals surface area contributed by atoms with Gasteiger partial charge in [0.05, 0.1) is 7.11 Å². The summed E-state index contributed by atoms with van der Waals surface area (Å²) in [5.41, 5.74) is 8.23. The van der Waals surface area contributed by atoms with Gasteiger partial charge in [-0.05, 0) is 49.3 Å². The molecule has 0 heterocycles. The Morgan fingerprint density at radius 3 is 2.59 bits per heavy atom. The van der Waals surface area contributed by atoms with Crippen LogP contribution in [0.1, 0.15) is 37.3 Å². The van der Waals surface area contributed by atoms with Gasteiger partial charge < -0.3 is 15.6 Å². The van der Waals surface area contributed by atoms with Crippen molar-refractivity contribution >= 4 is 0 Å². The van der Waals surface area contributed by atoms with Gasteiger partial charge >= 0.3 is 0 Å². The lowest BCUT2D eigenvalue weighted by atomic mass is 10.00. The van der Waals surface area contributed by atoms with Gasteiger partial charge in [0.2, 0.25) is 0 Å². The molecule has 1 aromatic carbocycles. The fourth-order valence-corrected chi connectivity index (χ4v) is 2.13. The number of aryl methyl sites for hydroxylation is 2. The van der Waals surface area contributed by atoms with Crippen LogP contribution in [0.15, 0.2) is 12.1 Å². The van der Waals surface area contributed by atoms with E-state index in [1.807, 2.05) is 6.07 Å². The fraction of sp³-hybridized carbons (Fsp3) is 0.571. The van der Waals surface area contributed by atoms with Gasteiger partial charge in [-0.25, -0.2) is 0 Å². The maximum atomic E-state index is 9.94. The first-order valence-electron chi connectivity index (χ1n) is 6.25. The van der Waals surface area contributed by atoms with Gasteiger partial charge in [0, 0.05) is 11.6 Å². The van der Waals surface area contributed by atoms with Gasteiger partial charge in [0.1, 0.15) is 11.5 Å². The molecule has 0 saturated heterocycles. The zero-order valence-electron chi connectivity index (χ0n) is 10.6. The number of methoxy groups -OCH3 is 1. The van der Waals surface area contributed by atoms with Crippen LogP contribution in [0.25, 0.3) is 0 Å². The summed E-state index contributed by atoms with van der Waals surface area (Å²) < 4.78 is 5.25. The van der Waals surface area contributed by atoms with Crippen LogP contribution in [0.2, 0.25) is 0 Å². The molecule has 1 fully saturated rings. The summed E-state index contributed by atoms with van der Waals surface area (Å²) in [6.07, 6.45) is 4.94. The molecule has 3 N–H and O–H groups in total. The lowest BCUT2D eigenvalue weighted by Crippen LogP contribution is -2.22. The number of hydrogen-bond donors (Lipinski definition) is 2. The molecule has 1 aromatic rings. The minimum absolute atomic E-state index is 0.0404. The average Bonchev–Trinajstić information content (AvgIpc) is 3.05. The van der Waals surface area contributed by atoms with E-state index in [1.54, 1.807) is 13.2 Å². The van der Waals surface area contributed by atoms with Crippen molar-refractivity contribution < 1.29 is 9.84 Å². The minimum Gasteiger partial charge on any atom is -0.508 e. The summed E-state index contributed by atoms with van der Waals surface area (Å²) in [4.78, 5) is 0. The van der Waals surface area contributed by atoms with Gasteiger partial charge in [-0.3, -0.25) is 0 Å². The summed E-state index contributed by atoms with van der Waals surface area (Å²) in [7, 11) is 1.63. The number of hydrogen-bond acceptors (Lipinski definition) is 3. The second-order valence-corrected chi connectivity index (χ2v) is 5.01. The third kappa shape index (κ3) is 2.72. The van der Waals surface area contributed by atoms with Crippen molar-refractivity contribution in [2.75, 3.05) is 7.11 Å². The molecule has 0 unspecified atom stereocenters. The maximum absolute atomic E-state index is 9.94. The zero-order chi connectivity index (χ0) is 12.5. The van der Waals surface area contributed by atoms with E-state index < -0.39 is 0 Å². The highest BCUT2D eigenvalue weighted by Gasteiger charge is 2.37. The summed E-state index contributed by atoms with van der Waals surface area (Å²) in [5, 5.41) is 9.94. The second-order valence-electron chi connectivity index (χ2n) is 5.01. The number of ether oxygens (including phenoxy) is 1. The van der Waals surface area contributed by atoms with Crippen LogP contribution in [-0.2, 0) is 12.8 Å². The molecule has 2 rings (SSSR count). The Bertz CT molecular complexity index is 411. The van der Waals surface area contributed by atoms with Gasteiger partial charge in [-0.2, -0.15) is 0 Å². The number of benzene rings is 1. The number of aromatic hydroxyl groups is 1. The van der Waals surface area contributed by atoms with Crippen LogP contribution >= 0.6 is 0 Å². The molecule has 3 heteroatoms. The van der Waals surface area contributed by atoms with E-state index in [1.165, 1.54) is 0 Å². The van der Waals surface area contributed by atoms with E-state index in [-0.39, 0.29) is 5.54 Å². The molecule has 0 radical (unpaired) electrons. The molecule has 1 aliphatic carbocycles. The van der Waals surface area contributed by atoms with Crippen molar-refractivity contribution in [3.63, 3.8) is 0 Å². The topological polar surface area (TPSA) is 55.5 Å². The first-order valence-corrected chi connectivity index (χ1v) is 6.25. The van der Waals surface area contributed by atoms with Gasteiger partial charge in [0.25, 0.3) is 0 Å². The maximum Gasteiger partial charge on any atom is 0.125 e. The molecule has 1 saturated carbocycles. The van der Waals surface area contributed by atoms with E-state index in [0.29, 0.717) is 5.75 Å². The third-order valence-corrected chi connectivity index (χ3v) is 3.65. The van der Waals surface area contributed by atoms with Gasteiger partial charge in [-0.15, -0.1) is 0 Å². The Balaban J connectivity index is 2.15. The highest BCUT2D eigenvalue weighted by molar-refractivity contribution is 5.46. The van der Waals surface area contributed by atoms with Gasteiger partial charge in [0.15, 0.2) is 0 Å². The van der Waals surface area contributed by atoms with E-state index in [9.17, 15) is 5.11 Å². The second kappa shape index (κ2) is 4.57. The van der Waals surface area contributed by atoms with Crippen LogP contribution in [0.4, 0.5) is 0 Å². The molecule has 17 heavy (non-hydrogen) atoms. The molecule has 0 aromatic heterocycles. The van der Waals surface area contributed by atoms with Crippen molar-refractivity contribution in [3.8, 4) is 11.5 Å². The first kappa shape index (κ1) is 12.2. The van der Waals surface area contributed by atoms with Crippen LogP contribution < -0.4 is 10.5 Å². The van der Waals surface area contributed by atoms with E-state index >= 15 is 0 Å². The van der Waals surface area contributed by atoms with Crippen molar-refractivity contribution in [1.29, 1.82) is 0 Å². The average molecular weight is 235 g/mol. The smallest absolute Gasteiger partial charge is 0.125 e. The number of phenols is 1. The van der Waals surface area contributed by atoms with Crippen LogP contribution in [-0.4, -0.2) is 17.8 Å². The first-order chi connectivity index (χ1) is 8.08. The Morgan fingerprint density at radius 1 is 1.35 bits per heavy atom. The Morgan fingerprint density at radius 2 is 2.06 bits per heavy atom. The largest absolute Gasteiger partial charge is 0.508 e. The molecule has 0 spiro atoms. The lowest BCUT2D eigenvalue weighted by molar-refractivity contribution is 0.401. The summed E-state index contributed by atoms with van der Waals surface area (Å²) >= 11 is 0. The molecule has 0 atom stereocenters. The standard InChI is InChI=1S/C14H21NO2/c1-3-10-8-11(4-5-14(15)6-7-14)12(16)9-13(10)17-2/h8-9,16H,3-7,15H2,1-2H3. The van der Waals surface area contributed by atoms with Crippen LogP contribution in [0, 0.1) is 0 Å². The monoisotopic (exact) mass is 235 g/mol. The highest BCUT2D eigenvalue weighted by atomic mass is 16.5. The van der Waals surface area contributed by atoms with E-state index in [0.717, 1.165) is 49.0 Å². The predicted octanol–water partition coefficient (Wildman–Crippen LogP) is 2.39. The molecule has 0 amide bonds. The summed E-state index contributed by atoms with van der Waals surface area (Å²) in [6, 6.07) is 3.75. The number of nitrogens with two attached hydrogens (primary N) is 1. The van der Waals surface area contributed by atoms with Gasteiger partial charge in [-0.1, -0.05) is 6.92 Å². The number of rotatable bonds is 5. The zero-order valence-corrected chi connectivity index (χ0v) is 10.6. The molecular formula is C14H21NO2. The molecule has 0 aliphatic heterocycles. The van der Waals surface area contributed by atoms with E-state index in [2.05, 4.69) is 6.92 Å². The predicted molar refractivity (Wildman–Crippen MR) is 68.5 cm³/mol. The summed E-state index contributed by atoms with van der Waals surface area (Å²) in [5.74, 6) is 1.09. The minimum atomic E-state index is 0.0404. The number of phenolic OH excluding ortho intramolecular Hbond substituents is 1. The molecular weight excluding hydrogens is 214 g/mol. The quantitative estimate of drug-likeness (QED) is 0.824. The van der Waals surface area contributed by atoms with Crippen molar-refractivity contribution in [3.05, 3.63) is 23.3 Å². The Hall–Kier alpha value is -1.22. The van der Waals surface area contributed by atoms with Crippen molar-refractivity contribution in [2.24, 2.45) is 5.73 Å². The lowest BCUT2D eigenvalue weighted by Gasteiger charge is -2.13. The van der Waals surface area contributed by atoms with Crippen LogP contribution in [0.3, 0.4) is 0 Å². The molecule has 3 nitrogen and oxygen atoms in total. The van der Waals surface area contributed by atoms with Crippen LogP contribution in [0.5, 0.6) is 11.5 Å². The Labute approximate surface area is 103 Å². The normalized spacial score (nSPS) is 16.9. The third-order valence-electron chi connectivity index (χ3n) is 3.65. The van der Waals surface area contributed by atoms with E-state index in [4.69, 9.17) is 10.5 Å². The summed E-state index contributed by atoms with van der Waals surface area (Å²) in [6.45, 7) is 2.09. The van der Waals surface area contributed by atoms with Crippen molar-refractivity contribution in [2.45, 2.75) is 44.6 Å². The molecule has 1 aliphatic rings. The fourth-order valence-electron chi connectivity index (χ4n) is 2.13. The highest BCUT2D eigenvalue weighted by Crippen LogP contribution is 2.38. The SMILES string of the molecule is CCc1cc(CCC2(N)CC2)c(O)cc1OC.